The fourth-order valence-electron chi connectivity index (χ4n) is 2.32. The van der Waals surface area contributed by atoms with Crippen molar-refractivity contribution < 1.29 is 19.1 Å². The fourth-order valence-corrected chi connectivity index (χ4v) is 2.92. The van der Waals surface area contributed by atoms with Crippen molar-refractivity contribution in [2.45, 2.75) is 6.92 Å². The molecule has 0 atom stereocenters. The van der Waals surface area contributed by atoms with Crippen LogP contribution >= 0.6 is 11.8 Å². The van der Waals surface area contributed by atoms with Gasteiger partial charge in [0, 0.05) is 23.8 Å². The summed E-state index contributed by atoms with van der Waals surface area (Å²) in [6, 6.07) is 13.7. The van der Waals surface area contributed by atoms with Gasteiger partial charge in [0.05, 0.1) is 18.5 Å². The Morgan fingerprint density at radius 2 is 1.79 bits per heavy atom. The van der Waals surface area contributed by atoms with Gasteiger partial charge in [-0.1, -0.05) is 48.2 Å². The molecule has 0 fully saturated rings. The van der Waals surface area contributed by atoms with E-state index in [4.69, 9.17) is 0 Å². The van der Waals surface area contributed by atoms with E-state index in [1.54, 1.807) is 48.5 Å². The molecule has 0 heterocycles. The molecule has 7 nitrogen and oxygen atoms in total. The number of benzene rings is 2. The van der Waals surface area contributed by atoms with Crippen molar-refractivity contribution in [2.75, 3.05) is 23.5 Å². The lowest BCUT2D eigenvalue weighted by Gasteiger charge is -2.15. The molecule has 0 aromatic heterocycles. The third-order valence-corrected chi connectivity index (χ3v) is 4.44. The van der Waals surface area contributed by atoms with Gasteiger partial charge in [0.15, 0.2) is 11.0 Å². The van der Waals surface area contributed by atoms with Crippen LogP contribution in [0.2, 0.25) is 0 Å². The second kappa shape index (κ2) is 10.8. The van der Waals surface area contributed by atoms with Gasteiger partial charge in [-0.05, 0) is 18.2 Å². The number of nitrogens with zero attached hydrogens (tertiary/aromatic N) is 1. The first kappa shape index (κ1) is 21.9. The number of nitrogens with one attached hydrogen (secondary N) is 2. The minimum absolute atomic E-state index is 0.173. The van der Waals surface area contributed by atoms with E-state index in [0.717, 1.165) is 0 Å². The number of ether oxygens (including phenoxy) is 1. The third kappa shape index (κ3) is 6.62. The first-order valence-corrected chi connectivity index (χ1v) is 9.62. The maximum absolute atomic E-state index is 12.8. The molecule has 2 aromatic rings. The predicted molar refractivity (Wildman–Crippen MR) is 117 cm³/mol. The highest BCUT2D eigenvalue weighted by Crippen LogP contribution is 2.26. The zero-order valence-corrected chi connectivity index (χ0v) is 16.9. The van der Waals surface area contributed by atoms with E-state index < -0.39 is 6.09 Å². The van der Waals surface area contributed by atoms with Gasteiger partial charge in [-0.15, -0.1) is 6.58 Å². The fraction of sp³-hybridized carbons (Fsp3) is 0.143. The number of thioether (sulfide) groups is 1. The minimum Gasteiger partial charge on any atom is -0.451 e. The molecule has 0 aliphatic heterocycles. The van der Waals surface area contributed by atoms with Crippen LogP contribution < -0.4 is 10.6 Å². The second-order valence-corrected chi connectivity index (χ2v) is 6.76. The number of amidine groups is 1. The number of carbonyl (C=O) groups is 3. The number of hydrogen-bond acceptors (Lipinski definition) is 5. The molecule has 8 heteroatoms. The van der Waals surface area contributed by atoms with Crippen molar-refractivity contribution in [3.05, 3.63) is 72.3 Å². The maximum atomic E-state index is 12.8. The van der Waals surface area contributed by atoms with Gasteiger partial charge < -0.3 is 15.4 Å². The third-order valence-electron chi connectivity index (χ3n) is 3.58. The summed E-state index contributed by atoms with van der Waals surface area (Å²) >= 11 is 1.22. The normalized spacial score (nSPS) is 10.8. The van der Waals surface area contributed by atoms with Crippen molar-refractivity contribution >= 4 is 46.1 Å². The van der Waals surface area contributed by atoms with Gasteiger partial charge in [0.2, 0.25) is 5.91 Å². The molecule has 0 unspecified atom stereocenters. The molecule has 0 saturated heterocycles. The molecule has 2 aromatic carbocycles. The predicted octanol–water partition coefficient (Wildman–Crippen LogP) is 4.33. The molecule has 0 saturated carbocycles. The highest BCUT2D eigenvalue weighted by Gasteiger charge is 2.14. The maximum Gasteiger partial charge on any atom is 0.435 e. The second-order valence-electron chi connectivity index (χ2n) is 5.75. The summed E-state index contributed by atoms with van der Waals surface area (Å²) in [4.78, 5) is 39.8. The zero-order valence-electron chi connectivity index (χ0n) is 16.1. The van der Waals surface area contributed by atoms with Gasteiger partial charge in [0.25, 0.3) is 0 Å². The topological polar surface area (TPSA) is 96.9 Å². The molecule has 0 aliphatic rings. The van der Waals surface area contributed by atoms with E-state index in [9.17, 15) is 14.4 Å². The Balaban J connectivity index is 2.43. The van der Waals surface area contributed by atoms with Gasteiger partial charge >= 0.3 is 6.09 Å². The highest BCUT2D eigenvalue weighted by atomic mass is 32.2. The summed E-state index contributed by atoms with van der Waals surface area (Å²) in [6.07, 6.45) is 0.880. The Morgan fingerprint density at radius 1 is 1.07 bits per heavy atom. The number of ketones is 1. The molecule has 2 rings (SSSR count). The largest absolute Gasteiger partial charge is 0.451 e. The van der Waals surface area contributed by atoms with Crippen LogP contribution in [-0.2, 0) is 9.53 Å². The molecule has 0 bridgehead atoms. The van der Waals surface area contributed by atoms with E-state index in [1.165, 1.54) is 25.8 Å². The summed E-state index contributed by atoms with van der Waals surface area (Å²) in [7, 11) is 1.23. The van der Waals surface area contributed by atoms with Crippen LogP contribution in [0.25, 0.3) is 0 Å². The van der Waals surface area contributed by atoms with Gasteiger partial charge in [-0.25, -0.2) is 4.79 Å². The first-order chi connectivity index (χ1) is 13.9. The van der Waals surface area contributed by atoms with E-state index >= 15 is 0 Å². The lowest BCUT2D eigenvalue weighted by molar-refractivity contribution is -0.114. The number of aliphatic imine (C=N–C) groups is 1. The van der Waals surface area contributed by atoms with Crippen LogP contribution in [0.1, 0.15) is 22.8 Å². The van der Waals surface area contributed by atoms with Crippen LogP contribution in [0.15, 0.2) is 66.2 Å². The Kier molecular flexibility index (Phi) is 8.17. The number of amides is 2. The number of anilines is 2. The Labute approximate surface area is 173 Å². The summed E-state index contributed by atoms with van der Waals surface area (Å²) in [6.45, 7) is 5.02. The van der Waals surface area contributed by atoms with Crippen LogP contribution in [-0.4, -0.2) is 35.8 Å². The van der Waals surface area contributed by atoms with E-state index in [-0.39, 0.29) is 16.9 Å². The Hall–Kier alpha value is -3.39. The number of carbonyl (C=O) groups excluding carboxylic acids is 3. The molecule has 29 heavy (non-hydrogen) atoms. The average Bonchev–Trinajstić information content (AvgIpc) is 2.72. The Bertz CT molecular complexity index is 942. The summed E-state index contributed by atoms with van der Waals surface area (Å²) in [5.41, 5.74) is 1.81. The van der Waals surface area contributed by atoms with Crippen molar-refractivity contribution in [1.29, 1.82) is 0 Å². The lowest BCUT2D eigenvalue weighted by atomic mass is 10.0. The van der Waals surface area contributed by atoms with Crippen LogP contribution in [0.4, 0.5) is 16.2 Å². The molecule has 0 radical (unpaired) electrons. The van der Waals surface area contributed by atoms with E-state index in [2.05, 4.69) is 26.9 Å². The summed E-state index contributed by atoms with van der Waals surface area (Å²) in [5, 5.41) is 5.94. The molecule has 0 aliphatic carbocycles. The zero-order chi connectivity index (χ0) is 21.2. The van der Waals surface area contributed by atoms with Gasteiger partial charge in [0.1, 0.15) is 0 Å². The van der Waals surface area contributed by atoms with E-state index in [1.807, 2.05) is 6.07 Å². The lowest BCUT2D eigenvalue weighted by Crippen LogP contribution is -2.15. The van der Waals surface area contributed by atoms with Crippen molar-refractivity contribution in [1.82, 2.24) is 0 Å². The smallest absolute Gasteiger partial charge is 0.435 e. The molecule has 0 spiro atoms. The number of hydrogen-bond donors (Lipinski definition) is 2. The minimum atomic E-state index is -0.776. The van der Waals surface area contributed by atoms with Gasteiger partial charge in [-0.2, -0.15) is 4.99 Å². The summed E-state index contributed by atoms with van der Waals surface area (Å²) < 4.78 is 4.58. The first-order valence-electron chi connectivity index (χ1n) is 8.63. The average molecular weight is 411 g/mol. The number of rotatable bonds is 6. The standard InChI is InChI=1S/C21H21N3O4S/c1-4-12-29-20(24-21(27)28-3)23-18-13-16(10-11-17(18)22-14(2)25)19(26)15-8-6-5-7-9-15/h4-11,13H,1,12H2,2-3H3,(H,22,25)(H,23,24,27). The molecular weight excluding hydrogens is 390 g/mol. The summed E-state index contributed by atoms with van der Waals surface area (Å²) in [5.74, 6) is 0.0367. The van der Waals surface area contributed by atoms with Gasteiger partial charge in [-0.3, -0.25) is 9.59 Å². The van der Waals surface area contributed by atoms with Crippen LogP contribution in [0.5, 0.6) is 0 Å². The van der Waals surface area contributed by atoms with Crippen LogP contribution in [0, 0.1) is 0 Å². The molecule has 2 N–H and O–H groups in total. The van der Waals surface area contributed by atoms with Crippen molar-refractivity contribution in [3.63, 3.8) is 0 Å². The molecule has 150 valence electrons. The number of methoxy groups -OCH3 is 1. The Morgan fingerprint density at radius 3 is 2.41 bits per heavy atom. The highest BCUT2D eigenvalue weighted by molar-refractivity contribution is 8.14. The van der Waals surface area contributed by atoms with Crippen molar-refractivity contribution in [2.24, 2.45) is 4.99 Å². The SMILES string of the molecule is C=CCS/C(=N\C(=O)OC)Nc1cc(C(=O)c2ccccc2)ccc1NC(C)=O. The van der Waals surface area contributed by atoms with Crippen LogP contribution in [0.3, 0.4) is 0 Å². The quantitative estimate of drug-likeness (QED) is 0.318. The monoisotopic (exact) mass is 411 g/mol. The van der Waals surface area contributed by atoms with Crippen molar-refractivity contribution in [3.8, 4) is 0 Å². The molecule has 2 amide bonds. The van der Waals surface area contributed by atoms with E-state index in [0.29, 0.717) is 28.3 Å². The molecular formula is C21H21N3O4S.